The standard InChI is InChI=1S/C27H27N3O3/c1-19(20-10-5-4-6-11-20)23(15-16-28-26(31)24-13-9-17-29(24)2)30(3)27(32)22-18-33-25-14-8-7-12-21(22)25/h4-14,17-18,23H,1,15-16H2,2-3H3,(H,28,31)/t23-/m1/s1. The van der Waals surface area contributed by atoms with Crippen LogP contribution >= 0.6 is 0 Å². The molecular formula is C27H27N3O3. The van der Waals surface area contributed by atoms with Crippen LogP contribution in [0.1, 0.15) is 32.8 Å². The van der Waals surface area contributed by atoms with Crippen LogP contribution in [0.3, 0.4) is 0 Å². The molecule has 0 fully saturated rings. The normalized spacial score (nSPS) is 11.8. The van der Waals surface area contributed by atoms with Gasteiger partial charge >= 0.3 is 0 Å². The van der Waals surface area contributed by atoms with Crippen LogP contribution in [0.25, 0.3) is 16.5 Å². The fraction of sp³-hybridized carbons (Fsp3) is 0.185. The zero-order valence-corrected chi connectivity index (χ0v) is 18.8. The van der Waals surface area contributed by atoms with E-state index in [2.05, 4.69) is 11.9 Å². The molecule has 33 heavy (non-hydrogen) atoms. The van der Waals surface area contributed by atoms with E-state index in [4.69, 9.17) is 4.42 Å². The maximum atomic E-state index is 13.5. The Balaban J connectivity index is 1.55. The summed E-state index contributed by atoms with van der Waals surface area (Å²) in [6.45, 7) is 4.69. The molecule has 0 aliphatic carbocycles. The number of benzene rings is 2. The van der Waals surface area contributed by atoms with Crippen molar-refractivity contribution in [2.45, 2.75) is 12.5 Å². The Kier molecular flexibility index (Phi) is 6.45. The van der Waals surface area contributed by atoms with Crippen molar-refractivity contribution in [3.63, 3.8) is 0 Å². The number of hydrogen-bond donors (Lipinski definition) is 1. The van der Waals surface area contributed by atoms with Crippen molar-refractivity contribution in [2.24, 2.45) is 7.05 Å². The molecule has 4 aromatic rings. The lowest BCUT2D eigenvalue weighted by Crippen LogP contribution is -2.40. The fourth-order valence-corrected chi connectivity index (χ4v) is 4.03. The van der Waals surface area contributed by atoms with E-state index in [0.29, 0.717) is 29.8 Å². The quantitative estimate of drug-likeness (QED) is 0.429. The molecule has 0 aliphatic heterocycles. The van der Waals surface area contributed by atoms with Gasteiger partial charge in [-0.1, -0.05) is 55.1 Å². The van der Waals surface area contributed by atoms with Crippen LogP contribution in [0, 0.1) is 0 Å². The van der Waals surface area contributed by atoms with E-state index in [9.17, 15) is 9.59 Å². The maximum absolute atomic E-state index is 13.5. The number of fused-ring (bicyclic) bond motifs is 1. The Morgan fingerprint density at radius 1 is 1.06 bits per heavy atom. The minimum Gasteiger partial charge on any atom is -0.463 e. The number of nitrogens with zero attached hydrogens (tertiary/aromatic N) is 2. The lowest BCUT2D eigenvalue weighted by molar-refractivity contribution is 0.0761. The summed E-state index contributed by atoms with van der Waals surface area (Å²) in [5.41, 5.74) is 3.53. The van der Waals surface area contributed by atoms with Crippen molar-refractivity contribution in [3.8, 4) is 0 Å². The molecule has 0 unspecified atom stereocenters. The zero-order chi connectivity index (χ0) is 23.4. The number of furan rings is 1. The second-order valence-electron chi connectivity index (χ2n) is 8.02. The second kappa shape index (κ2) is 9.61. The van der Waals surface area contributed by atoms with Crippen molar-refractivity contribution in [3.05, 3.63) is 103 Å². The van der Waals surface area contributed by atoms with Gasteiger partial charge in [0.1, 0.15) is 17.5 Å². The Morgan fingerprint density at radius 2 is 1.79 bits per heavy atom. The Hall–Kier alpha value is -4.06. The van der Waals surface area contributed by atoms with Gasteiger partial charge in [0, 0.05) is 32.2 Å². The van der Waals surface area contributed by atoms with E-state index in [0.717, 1.165) is 16.5 Å². The van der Waals surface area contributed by atoms with Crippen molar-refractivity contribution < 1.29 is 14.0 Å². The predicted octanol–water partition coefficient (Wildman–Crippen LogP) is 4.75. The largest absolute Gasteiger partial charge is 0.463 e. The zero-order valence-electron chi connectivity index (χ0n) is 18.8. The summed E-state index contributed by atoms with van der Waals surface area (Å²) in [4.78, 5) is 27.7. The molecule has 0 saturated heterocycles. The summed E-state index contributed by atoms with van der Waals surface area (Å²) in [6, 6.07) is 20.5. The molecule has 2 heterocycles. The SMILES string of the molecule is C=C(c1ccccc1)[C@@H](CCNC(=O)c1cccn1C)N(C)C(=O)c1coc2ccccc12. The third-order valence-corrected chi connectivity index (χ3v) is 5.93. The van der Waals surface area contributed by atoms with Gasteiger partial charge in [-0.25, -0.2) is 0 Å². The fourth-order valence-electron chi connectivity index (χ4n) is 4.03. The van der Waals surface area contributed by atoms with E-state index in [1.807, 2.05) is 73.9 Å². The number of carbonyl (C=O) groups is 2. The van der Waals surface area contributed by atoms with Gasteiger partial charge in [0.25, 0.3) is 11.8 Å². The van der Waals surface area contributed by atoms with E-state index in [-0.39, 0.29) is 17.9 Å². The first kappa shape index (κ1) is 22.1. The van der Waals surface area contributed by atoms with Gasteiger partial charge in [-0.05, 0) is 35.8 Å². The predicted molar refractivity (Wildman–Crippen MR) is 130 cm³/mol. The summed E-state index contributed by atoms with van der Waals surface area (Å²) >= 11 is 0. The number of carbonyl (C=O) groups excluding carboxylic acids is 2. The van der Waals surface area contributed by atoms with E-state index < -0.39 is 0 Å². The van der Waals surface area contributed by atoms with E-state index in [1.54, 1.807) is 22.6 Å². The van der Waals surface area contributed by atoms with Gasteiger partial charge in [-0.2, -0.15) is 0 Å². The molecule has 6 nitrogen and oxygen atoms in total. The summed E-state index contributed by atoms with van der Waals surface area (Å²) < 4.78 is 7.35. The van der Waals surface area contributed by atoms with Crippen LogP contribution in [0.4, 0.5) is 0 Å². The molecular weight excluding hydrogens is 414 g/mol. The maximum Gasteiger partial charge on any atom is 0.267 e. The third kappa shape index (κ3) is 4.60. The molecule has 0 bridgehead atoms. The molecule has 6 heteroatoms. The average Bonchev–Trinajstić information content (AvgIpc) is 3.47. The van der Waals surface area contributed by atoms with Crippen LogP contribution in [0.5, 0.6) is 0 Å². The number of para-hydroxylation sites is 1. The molecule has 4 rings (SSSR count). The molecule has 1 N–H and O–H groups in total. The highest BCUT2D eigenvalue weighted by molar-refractivity contribution is 6.06. The van der Waals surface area contributed by atoms with Gasteiger partial charge in [-0.3, -0.25) is 9.59 Å². The highest BCUT2D eigenvalue weighted by Crippen LogP contribution is 2.27. The number of rotatable bonds is 8. The number of amides is 2. The van der Waals surface area contributed by atoms with Gasteiger partial charge in [0.2, 0.25) is 0 Å². The highest BCUT2D eigenvalue weighted by atomic mass is 16.3. The second-order valence-corrected chi connectivity index (χ2v) is 8.02. The van der Waals surface area contributed by atoms with Crippen molar-refractivity contribution >= 4 is 28.4 Å². The molecule has 2 aromatic carbocycles. The van der Waals surface area contributed by atoms with Crippen LogP contribution in [-0.2, 0) is 7.05 Å². The average molecular weight is 442 g/mol. The Bertz CT molecular complexity index is 1290. The van der Waals surface area contributed by atoms with Gasteiger partial charge in [0.15, 0.2) is 0 Å². The highest BCUT2D eigenvalue weighted by Gasteiger charge is 2.26. The van der Waals surface area contributed by atoms with Crippen molar-refractivity contribution in [1.29, 1.82) is 0 Å². The minimum atomic E-state index is -0.317. The van der Waals surface area contributed by atoms with Crippen molar-refractivity contribution in [1.82, 2.24) is 14.8 Å². The van der Waals surface area contributed by atoms with Crippen LogP contribution in [-0.4, -0.2) is 40.9 Å². The molecule has 168 valence electrons. The number of nitrogens with one attached hydrogen (secondary N) is 1. The van der Waals surface area contributed by atoms with Crippen LogP contribution in [0.2, 0.25) is 0 Å². The lowest BCUT2D eigenvalue weighted by atomic mass is 9.96. The van der Waals surface area contributed by atoms with Gasteiger partial charge in [-0.15, -0.1) is 0 Å². The number of hydrogen-bond acceptors (Lipinski definition) is 3. The van der Waals surface area contributed by atoms with Crippen LogP contribution < -0.4 is 5.32 Å². The number of aryl methyl sites for hydroxylation is 1. The van der Waals surface area contributed by atoms with Crippen molar-refractivity contribution in [2.75, 3.05) is 13.6 Å². The molecule has 2 amide bonds. The summed E-state index contributed by atoms with van der Waals surface area (Å²) in [6.07, 6.45) is 3.85. The summed E-state index contributed by atoms with van der Waals surface area (Å²) in [5.74, 6) is -0.308. The Morgan fingerprint density at radius 3 is 2.52 bits per heavy atom. The third-order valence-electron chi connectivity index (χ3n) is 5.93. The smallest absolute Gasteiger partial charge is 0.267 e. The molecule has 0 spiro atoms. The molecule has 2 aromatic heterocycles. The minimum absolute atomic E-state index is 0.151. The van der Waals surface area contributed by atoms with Crippen LogP contribution in [0.15, 0.2) is 90.2 Å². The van der Waals surface area contributed by atoms with E-state index >= 15 is 0 Å². The summed E-state index contributed by atoms with van der Waals surface area (Å²) in [7, 11) is 3.60. The number of likely N-dealkylation sites (N-methyl/N-ethyl adjacent to an activating group) is 1. The lowest BCUT2D eigenvalue weighted by Gasteiger charge is -2.30. The van der Waals surface area contributed by atoms with E-state index in [1.165, 1.54) is 6.26 Å². The first-order valence-electron chi connectivity index (χ1n) is 10.8. The first-order valence-corrected chi connectivity index (χ1v) is 10.8. The molecule has 0 saturated carbocycles. The van der Waals surface area contributed by atoms with Gasteiger partial charge < -0.3 is 19.2 Å². The monoisotopic (exact) mass is 441 g/mol. The topological polar surface area (TPSA) is 67.5 Å². The Labute approximate surface area is 193 Å². The summed E-state index contributed by atoms with van der Waals surface area (Å²) in [5, 5.41) is 3.74. The number of aromatic nitrogens is 1. The first-order chi connectivity index (χ1) is 16.0. The molecule has 0 aliphatic rings. The molecule has 1 atom stereocenters. The van der Waals surface area contributed by atoms with Gasteiger partial charge in [0.05, 0.1) is 11.6 Å². The molecule has 0 radical (unpaired) electrons.